The Kier molecular flexibility index (Phi) is 4.14. The minimum absolute atomic E-state index is 0.133. The van der Waals surface area contributed by atoms with Gasteiger partial charge < -0.3 is 9.88 Å². The van der Waals surface area contributed by atoms with Crippen molar-refractivity contribution < 1.29 is 4.79 Å². The number of anilines is 1. The molecule has 0 radical (unpaired) electrons. The Morgan fingerprint density at radius 1 is 1.21 bits per heavy atom. The van der Waals surface area contributed by atoms with E-state index in [9.17, 15) is 4.79 Å². The third-order valence-corrected chi connectivity index (χ3v) is 6.60. The number of hydrogen-bond acceptors (Lipinski definition) is 2. The first-order valence-electron chi connectivity index (χ1n) is 9.99. The Morgan fingerprint density at radius 2 is 2.04 bits per heavy atom. The van der Waals surface area contributed by atoms with Crippen LogP contribution in [0.25, 0.3) is 10.9 Å². The van der Waals surface area contributed by atoms with Crippen LogP contribution in [0.15, 0.2) is 46.9 Å². The van der Waals surface area contributed by atoms with Gasteiger partial charge in [-0.05, 0) is 48.6 Å². The number of aromatic nitrogens is 1. The molecule has 3 aromatic rings. The van der Waals surface area contributed by atoms with Gasteiger partial charge in [0.15, 0.2) is 5.54 Å². The van der Waals surface area contributed by atoms with Gasteiger partial charge in [-0.3, -0.25) is 10.1 Å². The zero-order chi connectivity index (χ0) is 19.5. The molecule has 2 aliphatic rings. The number of fused-ring (bicyclic) bond motifs is 6. The molecule has 5 heteroatoms. The van der Waals surface area contributed by atoms with E-state index in [1.807, 2.05) is 17.0 Å². The average Bonchev–Trinajstić information content (AvgIpc) is 3.17. The molecule has 1 aromatic heterocycles. The fourth-order valence-electron chi connectivity index (χ4n) is 4.74. The van der Waals surface area contributed by atoms with Gasteiger partial charge in [-0.15, -0.1) is 0 Å². The highest BCUT2D eigenvalue weighted by Gasteiger charge is 2.55. The predicted octanol–water partition coefficient (Wildman–Crippen LogP) is 4.71. The molecular formula is C23H24BrN3O. The smallest absolute Gasteiger partial charge is 0.258 e. The van der Waals surface area contributed by atoms with Crippen LogP contribution >= 0.6 is 15.9 Å². The van der Waals surface area contributed by atoms with E-state index in [4.69, 9.17) is 0 Å². The molecule has 1 amide bonds. The lowest BCUT2D eigenvalue weighted by Gasteiger charge is -2.34. The molecule has 4 nitrogen and oxygen atoms in total. The molecule has 2 aromatic carbocycles. The summed E-state index contributed by atoms with van der Waals surface area (Å²) >= 11 is 3.62. The number of carbonyl (C=O) groups excluding carboxylic acids is 1. The fraction of sp³-hybridized carbons (Fsp3) is 0.348. The summed E-state index contributed by atoms with van der Waals surface area (Å²) in [5, 5.41) is 4.84. The highest BCUT2D eigenvalue weighted by atomic mass is 79.9. The second-order valence-electron chi connectivity index (χ2n) is 8.25. The lowest BCUT2D eigenvalue weighted by molar-refractivity contribution is -0.123. The van der Waals surface area contributed by atoms with Crippen molar-refractivity contribution in [1.82, 2.24) is 10.3 Å². The van der Waals surface area contributed by atoms with Crippen LogP contribution in [-0.2, 0) is 16.8 Å². The molecule has 2 aliphatic heterocycles. The fourth-order valence-corrected chi connectivity index (χ4v) is 5.10. The predicted molar refractivity (Wildman–Crippen MR) is 117 cm³/mol. The zero-order valence-corrected chi connectivity index (χ0v) is 17.8. The number of halogens is 1. The van der Waals surface area contributed by atoms with E-state index >= 15 is 0 Å². The van der Waals surface area contributed by atoms with Crippen LogP contribution in [0.5, 0.6) is 0 Å². The summed E-state index contributed by atoms with van der Waals surface area (Å²) in [5.41, 5.74) is 4.61. The molecule has 0 aliphatic carbocycles. The summed E-state index contributed by atoms with van der Waals surface area (Å²) in [6.07, 6.45) is 1.90. The largest absolute Gasteiger partial charge is 0.356 e. The highest BCUT2D eigenvalue weighted by molar-refractivity contribution is 9.10. The summed E-state index contributed by atoms with van der Waals surface area (Å²) in [6, 6.07) is 14.6. The first-order chi connectivity index (χ1) is 13.5. The van der Waals surface area contributed by atoms with E-state index in [0.29, 0.717) is 5.92 Å². The summed E-state index contributed by atoms with van der Waals surface area (Å²) in [7, 11) is 0. The van der Waals surface area contributed by atoms with Crippen molar-refractivity contribution in [3.63, 3.8) is 0 Å². The number of benzene rings is 2. The molecule has 0 bridgehead atoms. The first-order valence-corrected chi connectivity index (χ1v) is 10.8. The molecule has 0 fully saturated rings. The van der Waals surface area contributed by atoms with Gasteiger partial charge >= 0.3 is 0 Å². The third-order valence-electron chi connectivity index (χ3n) is 6.10. The summed E-state index contributed by atoms with van der Waals surface area (Å²) < 4.78 is 0.995. The SMILES string of the molecule is CC(C)CCN1C(=O)C2(NCCc3c2[nH]c2ccccc32)c2cc(Br)ccc21. The topological polar surface area (TPSA) is 48.1 Å². The van der Waals surface area contributed by atoms with E-state index < -0.39 is 5.54 Å². The van der Waals surface area contributed by atoms with E-state index in [1.165, 1.54) is 10.9 Å². The highest BCUT2D eigenvalue weighted by Crippen LogP contribution is 2.48. The van der Waals surface area contributed by atoms with Crippen LogP contribution in [-0.4, -0.2) is 24.0 Å². The van der Waals surface area contributed by atoms with Gasteiger partial charge in [0.1, 0.15) is 0 Å². The molecule has 1 atom stereocenters. The Labute approximate surface area is 173 Å². The normalized spacial score (nSPS) is 21.0. The standard InChI is InChI=1S/C23H24BrN3O/c1-14(2)10-12-27-20-8-7-15(24)13-18(20)23(22(27)28)21-17(9-11-25-23)16-5-3-4-6-19(16)26-21/h3-8,13-14,25-26H,9-12H2,1-2H3. The second-order valence-corrected chi connectivity index (χ2v) is 9.17. The lowest BCUT2D eigenvalue weighted by atomic mass is 9.82. The van der Waals surface area contributed by atoms with Gasteiger partial charge in [-0.1, -0.05) is 48.0 Å². The minimum atomic E-state index is -0.831. The molecule has 1 spiro atoms. The van der Waals surface area contributed by atoms with Crippen molar-refractivity contribution in [2.75, 3.05) is 18.0 Å². The number of aromatic amines is 1. The van der Waals surface area contributed by atoms with E-state index in [-0.39, 0.29) is 5.91 Å². The summed E-state index contributed by atoms with van der Waals surface area (Å²) in [4.78, 5) is 19.5. The summed E-state index contributed by atoms with van der Waals surface area (Å²) in [6.45, 7) is 5.93. The van der Waals surface area contributed by atoms with Crippen LogP contribution in [0.2, 0.25) is 0 Å². The number of hydrogen-bond donors (Lipinski definition) is 2. The van der Waals surface area contributed by atoms with Crippen molar-refractivity contribution in [3.8, 4) is 0 Å². The molecule has 2 N–H and O–H groups in total. The molecule has 0 saturated heterocycles. The Bertz CT molecular complexity index is 1090. The maximum Gasteiger partial charge on any atom is 0.258 e. The molecule has 5 rings (SSSR count). The van der Waals surface area contributed by atoms with Gasteiger partial charge in [0.25, 0.3) is 5.91 Å². The van der Waals surface area contributed by atoms with E-state index in [2.05, 4.69) is 70.4 Å². The maximum absolute atomic E-state index is 13.9. The van der Waals surface area contributed by atoms with Crippen molar-refractivity contribution >= 4 is 38.4 Å². The molecular weight excluding hydrogens is 414 g/mol. The average molecular weight is 438 g/mol. The molecule has 0 saturated carbocycles. The molecule has 144 valence electrons. The van der Waals surface area contributed by atoms with Gasteiger partial charge in [0.05, 0.1) is 5.69 Å². The monoisotopic (exact) mass is 437 g/mol. The van der Waals surface area contributed by atoms with Gasteiger partial charge in [-0.25, -0.2) is 0 Å². The van der Waals surface area contributed by atoms with Crippen molar-refractivity contribution in [2.45, 2.75) is 32.2 Å². The van der Waals surface area contributed by atoms with Gasteiger partial charge in [0, 0.05) is 39.7 Å². The number of nitrogens with zero attached hydrogens (tertiary/aromatic N) is 1. The van der Waals surface area contributed by atoms with Crippen LogP contribution in [0.1, 0.15) is 37.1 Å². The first kappa shape index (κ1) is 18.0. The third kappa shape index (κ3) is 2.42. The Morgan fingerprint density at radius 3 is 2.86 bits per heavy atom. The number of H-pyrrole nitrogens is 1. The number of para-hydroxylation sites is 1. The van der Waals surface area contributed by atoms with Crippen molar-refractivity contribution in [3.05, 3.63) is 63.8 Å². The Hall–Kier alpha value is -2.11. The van der Waals surface area contributed by atoms with Crippen LogP contribution in [0.4, 0.5) is 5.69 Å². The van der Waals surface area contributed by atoms with Crippen molar-refractivity contribution in [1.29, 1.82) is 0 Å². The number of rotatable bonds is 3. The molecule has 1 unspecified atom stereocenters. The van der Waals surface area contributed by atoms with E-state index in [0.717, 1.165) is 52.9 Å². The minimum Gasteiger partial charge on any atom is -0.356 e. The molecule has 28 heavy (non-hydrogen) atoms. The van der Waals surface area contributed by atoms with Crippen LogP contribution < -0.4 is 10.2 Å². The van der Waals surface area contributed by atoms with E-state index in [1.54, 1.807) is 0 Å². The van der Waals surface area contributed by atoms with Gasteiger partial charge in [0.2, 0.25) is 0 Å². The number of amides is 1. The molecule has 3 heterocycles. The van der Waals surface area contributed by atoms with Gasteiger partial charge in [-0.2, -0.15) is 0 Å². The quantitative estimate of drug-likeness (QED) is 0.622. The second kappa shape index (κ2) is 6.46. The maximum atomic E-state index is 13.9. The number of nitrogens with one attached hydrogen (secondary N) is 2. The lowest BCUT2D eigenvalue weighted by Crippen LogP contribution is -2.55. The number of carbonyl (C=O) groups is 1. The van der Waals surface area contributed by atoms with Crippen LogP contribution in [0.3, 0.4) is 0 Å². The zero-order valence-electron chi connectivity index (χ0n) is 16.2. The Balaban J connectivity index is 1.74. The van der Waals surface area contributed by atoms with Crippen molar-refractivity contribution in [2.24, 2.45) is 5.92 Å². The summed E-state index contributed by atoms with van der Waals surface area (Å²) in [5.74, 6) is 0.681. The van der Waals surface area contributed by atoms with Crippen LogP contribution in [0, 0.1) is 5.92 Å².